The molecule has 0 saturated heterocycles. The second kappa shape index (κ2) is 6.60. The van der Waals surface area contributed by atoms with E-state index in [-0.39, 0.29) is 11.6 Å². The SMILES string of the molecule is CC(=O)c1ccc(-n2cnc(-c3c(-c4ccc(F)cc4)nnn3C)c2)cc1. The van der Waals surface area contributed by atoms with Crippen LogP contribution in [-0.2, 0) is 7.05 Å². The number of nitrogens with zero attached hydrogens (tertiary/aromatic N) is 5. The third-order valence-corrected chi connectivity index (χ3v) is 4.34. The normalized spacial score (nSPS) is 10.9. The van der Waals surface area contributed by atoms with Crippen LogP contribution in [0.4, 0.5) is 4.39 Å². The fourth-order valence-electron chi connectivity index (χ4n) is 2.90. The first kappa shape index (κ1) is 16.8. The van der Waals surface area contributed by atoms with Gasteiger partial charge in [0.2, 0.25) is 0 Å². The van der Waals surface area contributed by atoms with E-state index in [2.05, 4.69) is 15.3 Å². The molecule has 0 amide bonds. The van der Waals surface area contributed by atoms with Gasteiger partial charge in [-0.25, -0.2) is 14.1 Å². The number of imidazole rings is 1. The number of hydrogen-bond acceptors (Lipinski definition) is 4. The molecule has 0 fully saturated rings. The Morgan fingerprint density at radius 2 is 1.74 bits per heavy atom. The molecule has 4 rings (SSSR count). The third kappa shape index (κ3) is 3.15. The summed E-state index contributed by atoms with van der Waals surface area (Å²) in [5.41, 5.74) is 4.37. The van der Waals surface area contributed by atoms with E-state index in [0.29, 0.717) is 17.0 Å². The minimum atomic E-state index is -0.303. The first-order chi connectivity index (χ1) is 13.0. The van der Waals surface area contributed by atoms with Gasteiger partial charge < -0.3 is 4.57 Å². The van der Waals surface area contributed by atoms with Gasteiger partial charge in [0.15, 0.2) is 5.78 Å². The maximum atomic E-state index is 13.2. The zero-order valence-corrected chi connectivity index (χ0v) is 14.8. The molecular weight excluding hydrogens is 345 g/mol. The van der Waals surface area contributed by atoms with Crippen LogP contribution in [0.5, 0.6) is 0 Å². The Labute approximate surface area is 154 Å². The number of hydrogen-bond donors (Lipinski definition) is 0. The molecule has 0 bridgehead atoms. The standard InChI is InChI=1S/C20H16FN5O/c1-13(27)14-5-9-17(10-6-14)26-11-18(22-12-26)20-19(23-24-25(20)2)15-3-7-16(21)8-4-15/h3-12H,1-2H3. The fraction of sp³-hybridized carbons (Fsp3) is 0.100. The largest absolute Gasteiger partial charge is 0.306 e. The van der Waals surface area contributed by atoms with Crippen molar-refractivity contribution < 1.29 is 9.18 Å². The molecule has 4 aromatic rings. The van der Waals surface area contributed by atoms with Gasteiger partial charge in [-0.2, -0.15) is 0 Å². The predicted molar refractivity (Wildman–Crippen MR) is 99.0 cm³/mol. The van der Waals surface area contributed by atoms with Gasteiger partial charge in [-0.15, -0.1) is 5.10 Å². The fourth-order valence-corrected chi connectivity index (χ4v) is 2.90. The Bertz CT molecular complexity index is 1110. The van der Waals surface area contributed by atoms with Crippen LogP contribution in [0.2, 0.25) is 0 Å². The molecule has 0 atom stereocenters. The molecule has 134 valence electrons. The van der Waals surface area contributed by atoms with E-state index >= 15 is 0 Å². The van der Waals surface area contributed by atoms with Crippen LogP contribution in [0, 0.1) is 5.82 Å². The van der Waals surface area contributed by atoms with Gasteiger partial charge in [-0.1, -0.05) is 5.21 Å². The highest BCUT2D eigenvalue weighted by atomic mass is 19.1. The Morgan fingerprint density at radius 1 is 1.04 bits per heavy atom. The third-order valence-electron chi connectivity index (χ3n) is 4.34. The Morgan fingerprint density at radius 3 is 2.41 bits per heavy atom. The summed E-state index contributed by atoms with van der Waals surface area (Å²) >= 11 is 0. The minimum Gasteiger partial charge on any atom is -0.306 e. The van der Waals surface area contributed by atoms with Crippen molar-refractivity contribution in [1.29, 1.82) is 0 Å². The number of carbonyl (C=O) groups excluding carboxylic acids is 1. The summed E-state index contributed by atoms with van der Waals surface area (Å²) < 4.78 is 16.7. The molecular formula is C20H16FN5O. The molecule has 0 saturated carbocycles. The first-order valence-electron chi connectivity index (χ1n) is 8.34. The van der Waals surface area contributed by atoms with Gasteiger partial charge >= 0.3 is 0 Å². The number of benzene rings is 2. The molecule has 2 heterocycles. The summed E-state index contributed by atoms with van der Waals surface area (Å²) in [5.74, 6) is -0.278. The topological polar surface area (TPSA) is 65.6 Å². The maximum Gasteiger partial charge on any atom is 0.159 e. The van der Waals surface area contributed by atoms with E-state index in [9.17, 15) is 9.18 Å². The van der Waals surface area contributed by atoms with Crippen molar-refractivity contribution in [2.75, 3.05) is 0 Å². The molecule has 0 unspecified atom stereocenters. The molecule has 0 aliphatic carbocycles. The van der Waals surface area contributed by atoms with Crippen LogP contribution in [0.25, 0.3) is 28.3 Å². The molecule has 2 aromatic heterocycles. The van der Waals surface area contributed by atoms with Crippen molar-refractivity contribution in [1.82, 2.24) is 24.5 Å². The van der Waals surface area contributed by atoms with Gasteiger partial charge in [0.1, 0.15) is 22.9 Å². The Balaban J connectivity index is 1.72. The van der Waals surface area contributed by atoms with Crippen molar-refractivity contribution >= 4 is 5.78 Å². The lowest BCUT2D eigenvalue weighted by atomic mass is 10.1. The molecule has 0 N–H and O–H groups in total. The average molecular weight is 361 g/mol. The molecule has 6 nitrogen and oxygen atoms in total. The minimum absolute atomic E-state index is 0.0257. The highest BCUT2D eigenvalue weighted by Crippen LogP contribution is 2.29. The van der Waals surface area contributed by atoms with Crippen molar-refractivity contribution in [3.63, 3.8) is 0 Å². The van der Waals surface area contributed by atoms with Gasteiger partial charge in [0, 0.05) is 30.1 Å². The monoisotopic (exact) mass is 361 g/mol. The predicted octanol–water partition coefficient (Wildman–Crippen LogP) is 3.68. The summed E-state index contributed by atoms with van der Waals surface area (Å²) in [7, 11) is 1.79. The second-order valence-electron chi connectivity index (χ2n) is 6.19. The first-order valence-corrected chi connectivity index (χ1v) is 8.34. The summed E-state index contributed by atoms with van der Waals surface area (Å²) in [6.07, 6.45) is 3.56. The quantitative estimate of drug-likeness (QED) is 0.520. The average Bonchev–Trinajstić information content (AvgIpc) is 3.29. The Hall–Kier alpha value is -3.61. The number of rotatable bonds is 4. The van der Waals surface area contributed by atoms with Crippen LogP contribution >= 0.6 is 0 Å². The maximum absolute atomic E-state index is 13.2. The number of aryl methyl sites for hydroxylation is 1. The second-order valence-corrected chi connectivity index (χ2v) is 6.19. The van der Waals surface area contributed by atoms with Crippen molar-refractivity contribution in [2.45, 2.75) is 6.92 Å². The highest BCUT2D eigenvalue weighted by Gasteiger charge is 2.17. The smallest absolute Gasteiger partial charge is 0.159 e. The van der Waals surface area contributed by atoms with E-state index in [4.69, 9.17) is 0 Å². The number of ketones is 1. The van der Waals surface area contributed by atoms with Crippen LogP contribution in [-0.4, -0.2) is 30.3 Å². The number of aromatic nitrogens is 5. The lowest BCUT2D eigenvalue weighted by Crippen LogP contribution is -1.95. The van der Waals surface area contributed by atoms with E-state index in [0.717, 1.165) is 16.9 Å². The van der Waals surface area contributed by atoms with E-state index < -0.39 is 0 Å². The summed E-state index contributed by atoms with van der Waals surface area (Å²) in [6, 6.07) is 13.4. The van der Waals surface area contributed by atoms with E-state index in [1.54, 1.807) is 42.3 Å². The summed E-state index contributed by atoms with van der Waals surface area (Å²) in [4.78, 5) is 15.9. The van der Waals surface area contributed by atoms with Crippen LogP contribution in [0.15, 0.2) is 61.1 Å². The van der Waals surface area contributed by atoms with Gasteiger partial charge in [0.05, 0.1) is 6.33 Å². The lowest BCUT2D eigenvalue weighted by Gasteiger charge is -2.03. The van der Waals surface area contributed by atoms with E-state index in [1.165, 1.54) is 19.1 Å². The molecule has 0 radical (unpaired) electrons. The van der Waals surface area contributed by atoms with Gasteiger partial charge in [-0.05, 0) is 55.5 Å². The van der Waals surface area contributed by atoms with Crippen molar-refractivity contribution in [3.8, 4) is 28.3 Å². The number of Topliss-reactive ketones (excluding diaryl/α,β-unsaturated/α-hetero) is 1. The van der Waals surface area contributed by atoms with Gasteiger partial charge in [0.25, 0.3) is 0 Å². The molecule has 27 heavy (non-hydrogen) atoms. The summed E-state index contributed by atoms with van der Waals surface area (Å²) in [5, 5.41) is 8.30. The van der Waals surface area contributed by atoms with E-state index in [1.807, 2.05) is 22.9 Å². The van der Waals surface area contributed by atoms with Crippen LogP contribution < -0.4 is 0 Å². The zero-order chi connectivity index (χ0) is 19.0. The molecule has 2 aromatic carbocycles. The van der Waals surface area contributed by atoms with Crippen LogP contribution in [0.3, 0.4) is 0 Å². The van der Waals surface area contributed by atoms with Crippen molar-refractivity contribution in [3.05, 3.63) is 72.4 Å². The number of halogens is 1. The van der Waals surface area contributed by atoms with Gasteiger partial charge in [-0.3, -0.25) is 4.79 Å². The summed E-state index contributed by atoms with van der Waals surface area (Å²) in [6.45, 7) is 1.54. The molecule has 0 aliphatic rings. The Kier molecular flexibility index (Phi) is 4.12. The molecule has 7 heteroatoms. The number of carbonyl (C=O) groups is 1. The van der Waals surface area contributed by atoms with Crippen LogP contribution in [0.1, 0.15) is 17.3 Å². The van der Waals surface area contributed by atoms with Crippen molar-refractivity contribution in [2.24, 2.45) is 7.05 Å². The zero-order valence-electron chi connectivity index (χ0n) is 14.8. The lowest BCUT2D eigenvalue weighted by molar-refractivity contribution is 0.101. The highest BCUT2D eigenvalue weighted by molar-refractivity contribution is 5.94. The molecule has 0 spiro atoms. The molecule has 0 aliphatic heterocycles.